The first kappa shape index (κ1) is 16.5. The summed E-state index contributed by atoms with van der Waals surface area (Å²) in [4.78, 5) is 2.46. The summed E-state index contributed by atoms with van der Waals surface area (Å²) < 4.78 is 2.16. The van der Waals surface area contributed by atoms with Crippen molar-refractivity contribution in [3.8, 4) is 0 Å². The van der Waals surface area contributed by atoms with Crippen molar-refractivity contribution in [3.05, 3.63) is 18.0 Å². The third-order valence-electron chi connectivity index (χ3n) is 5.09. The summed E-state index contributed by atoms with van der Waals surface area (Å²) in [5.74, 6) is 0. The number of likely N-dealkylation sites (N-methyl/N-ethyl adjacent to an activating group) is 1. The summed E-state index contributed by atoms with van der Waals surface area (Å²) in [6, 6.07) is 2.58. The molecule has 120 valence electrons. The Morgan fingerprint density at radius 2 is 2.00 bits per heavy atom. The van der Waals surface area contributed by atoms with E-state index in [1.807, 2.05) is 6.20 Å². The molecule has 0 saturated heterocycles. The minimum Gasteiger partial charge on any atom is -0.307 e. The SMILES string of the molecule is CCCNC(c1ccnn1CC)C1(N(C)C)CCCCC1. The van der Waals surface area contributed by atoms with E-state index in [9.17, 15) is 0 Å². The highest BCUT2D eigenvalue weighted by atomic mass is 15.3. The van der Waals surface area contributed by atoms with Gasteiger partial charge in [0.25, 0.3) is 0 Å². The third-order valence-corrected chi connectivity index (χ3v) is 5.09. The van der Waals surface area contributed by atoms with E-state index in [-0.39, 0.29) is 5.54 Å². The quantitative estimate of drug-likeness (QED) is 0.838. The standard InChI is InChI=1S/C17H32N4/c1-5-13-18-16(15-10-14-19-21(15)6-2)17(20(3)4)11-8-7-9-12-17/h10,14,16,18H,5-9,11-13H2,1-4H3. The molecule has 0 aliphatic heterocycles. The molecule has 4 heteroatoms. The maximum absolute atomic E-state index is 4.51. The maximum atomic E-state index is 4.51. The van der Waals surface area contributed by atoms with Gasteiger partial charge in [0.05, 0.1) is 11.7 Å². The number of aryl methyl sites for hydroxylation is 1. The van der Waals surface area contributed by atoms with E-state index in [1.54, 1.807) is 0 Å². The lowest BCUT2D eigenvalue weighted by atomic mass is 9.74. The van der Waals surface area contributed by atoms with Crippen molar-refractivity contribution in [2.75, 3.05) is 20.6 Å². The molecule has 1 aliphatic carbocycles. The summed E-state index contributed by atoms with van der Waals surface area (Å²) >= 11 is 0. The molecular weight excluding hydrogens is 260 g/mol. The van der Waals surface area contributed by atoms with Gasteiger partial charge in [0.1, 0.15) is 0 Å². The molecule has 0 radical (unpaired) electrons. The number of nitrogens with one attached hydrogen (secondary N) is 1. The van der Waals surface area contributed by atoms with Gasteiger partial charge in [0.15, 0.2) is 0 Å². The largest absolute Gasteiger partial charge is 0.307 e. The highest BCUT2D eigenvalue weighted by Gasteiger charge is 2.43. The average Bonchev–Trinajstić information content (AvgIpc) is 2.96. The molecule has 0 amide bonds. The van der Waals surface area contributed by atoms with Crippen LogP contribution in [0.15, 0.2) is 12.3 Å². The average molecular weight is 292 g/mol. The number of hydrogen-bond donors (Lipinski definition) is 1. The third kappa shape index (κ3) is 3.32. The van der Waals surface area contributed by atoms with Crippen LogP contribution in [0.1, 0.15) is 64.1 Å². The van der Waals surface area contributed by atoms with Crippen LogP contribution in [0.4, 0.5) is 0 Å². The lowest BCUT2D eigenvalue weighted by molar-refractivity contribution is 0.0530. The molecule has 1 N–H and O–H groups in total. The Kier molecular flexibility index (Phi) is 5.82. The lowest BCUT2D eigenvalue weighted by Crippen LogP contribution is -2.55. The fourth-order valence-corrected chi connectivity index (χ4v) is 3.87. The first-order chi connectivity index (χ1) is 10.2. The fourth-order valence-electron chi connectivity index (χ4n) is 3.87. The van der Waals surface area contributed by atoms with Gasteiger partial charge < -0.3 is 10.2 Å². The fraction of sp³-hybridized carbons (Fsp3) is 0.824. The Hall–Kier alpha value is -0.870. The van der Waals surface area contributed by atoms with E-state index < -0.39 is 0 Å². The molecule has 0 spiro atoms. The van der Waals surface area contributed by atoms with Gasteiger partial charge in [0.2, 0.25) is 0 Å². The van der Waals surface area contributed by atoms with Gasteiger partial charge in [-0.15, -0.1) is 0 Å². The molecule has 1 aromatic rings. The molecule has 1 unspecified atom stereocenters. The van der Waals surface area contributed by atoms with E-state index >= 15 is 0 Å². The van der Waals surface area contributed by atoms with Gasteiger partial charge in [-0.25, -0.2) is 0 Å². The van der Waals surface area contributed by atoms with Gasteiger partial charge >= 0.3 is 0 Å². The summed E-state index contributed by atoms with van der Waals surface area (Å²) in [6.45, 7) is 6.42. The van der Waals surface area contributed by atoms with Crippen molar-refractivity contribution in [1.29, 1.82) is 0 Å². The van der Waals surface area contributed by atoms with E-state index in [0.29, 0.717) is 6.04 Å². The molecular formula is C17H32N4. The van der Waals surface area contributed by atoms with Crippen LogP contribution in [0.25, 0.3) is 0 Å². The van der Waals surface area contributed by atoms with Crippen LogP contribution in [0.5, 0.6) is 0 Å². The number of aromatic nitrogens is 2. The maximum Gasteiger partial charge on any atom is 0.0678 e. The van der Waals surface area contributed by atoms with Crippen LogP contribution in [0.2, 0.25) is 0 Å². The van der Waals surface area contributed by atoms with E-state index in [1.165, 1.54) is 44.2 Å². The topological polar surface area (TPSA) is 33.1 Å². The van der Waals surface area contributed by atoms with Gasteiger partial charge in [-0.1, -0.05) is 26.2 Å². The van der Waals surface area contributed by atoms with Crippen molar-refractivity contribution in [3.63, 3.8) is 0 Å². The zero-order valence-corrected chi connectivity index (χ0v) is 14.2. The highest BCUT2D eigenvalue weighted by molar-refractivity contribution is 5.16. The molecule has 1 heterocycles. The highest BCUT2D eigenvalue weighted by Crippen LogP contribution is 2.42. The molecule has 21 heavy (non-hydrogen) atoms. The second kappa shape index (κ2) is 7.41. The Bertz CT molecular complexity index is 418. The monoisotopic (exact) mass is 292 g/mol. The zero-order valence-electron chi connectivity index (χ0n) is 14.2. The first-order valence-corrected chi connectivity index (χ1v) is 8.58. The lowest BCUT2D eigenvalue weighted by Gasteiger charge is -2.49. The number of hydrogen-bond acceptors (Lipinski definition) is 3. The van der Waals surface area contributed by atoms with Crippen LogP contribution in [0.3, 0.4) is 0 Å². The number of nitrogens with zero attached hydrogens (tertiary/aromatic N) is 3. The zero-order chi connectivity index (χ0) is 15.3. The molecule has 0 bridgehead atoms. The summed E-state index contributed by atoms with van der Waals surface area (Å²) in [5.41, 5.74) is 1.57. The first-order valence-electron chi connectivity index (χ1n) is 8.58. The second-order valence-corrected chi connectivity index (χ2v) is 6.52. The van der Waals surface area contributed by atoms with Crippen molar-refractivity contribution in [2.45, 2.75) is 70.5 Å². The van der Waals surface area contributed by atoms with Crippen LogP contribution >= 0.6 is 0 Å². The van der Waals surface area contributed by atoms with Crippen molar-refractivity contribution in [1.82, 2.24) is 20.0 Å². The van der Waals surface area contributed by atoms with Crippen LogP contribution < -0.4 is 5.32 Å². The van der Waals surface area contributed by atoms with Gasteiger partial charge in [-0.2, -0.15) is 5.10 Å². The predicted octanol–water partition coefficient (Wildman–Crippen LogP) is 3.21. The molecule has 0 aromatic carbocycles. The predicted molar refractivity (Wildman–Crippen MR) is 88.4 cm³/mol. The molecule has 1 aliphatic rings. The molecule has 1 atom stereocenters. The van der Waals surface area contributed by atoms with Crippen molar-refractivity contribution >= 4 is 0 Å². The van der Waals surface area contributed by atoms with Crippen molar-refractivity contribution < 1.29 is 0 Å². The van der Waals surface area contributed by atoms with Gasteiger partial charge in [-0.05, 0) is 52.9 Å². The Morgan fingerprint density at radius 3 is 2.57 bits per heavy atom. The molecule has 2 rings (SSSR count). The van der Waals surface area contributed by atoms with Crippen LogP contribution in [-0.4, -0.2) is 40.9 Å². The summed E-state index contributed by atoms with van der Waals surface area (Å²) in [7, 11) is 4.50. The number of rotatable bonds is 7. The smallest absolute Gasteiger partial charge is 0.0678 e. The second-order valence-electron chi connectivity index (χ2n) is 6.52. The van der Waals surface area contributed by atoms with Crippen LogP contribution in [0, 0.1) is 0 Å². The van der Waals surface area contributed by atoms with Gasteiger partial charge in [0, 0.05) is 18.3 Å². The van der Waals surface area contributed by atoms with E-state index in [4.69, 9.17) is 0 Å². The normalized spacial score (nSPS) is 19.9. The minimum absolute atomic E-state index is 0.223. The Labute approximate surface area is 129 Å². The molecule has 1 saturated carbocycles. The molecule has 1 aromatic heterocycles. The summed E-state index contributed by atoms with van der Waals surface area (Å²) in [6.07, 6.45) is 9.72. The molecule has 1 fully saturated rings. The van der Waals surface area contributed by atoms with Gasteiger partial charge in [-0.3, -0.25) is 4.68 Å². The minimum atomic E-state index is 0.223. The summed E-state index contributed by atoms with van der Waals surface area (Å²) in [5, 5.41) is 8.34. The van der Waals surface area contributed by atoms with E-state index in [0.717, 1.165) is 13.1 Å². The van der Waals surface area contributed by atoms with E-state index in [2.05, 4.69) is 54.0 Å². The Balaban J connectivity index is 2.37. The molecule has 4 nitrogen and oxygen atoms in total. The Morgan fingerprint density at radius 1 is 1.29 bits per heavy atom. The van der Waals surface area contributed by atoms with Crippen molar-refractivity contribution in [2.24, 2.45) is 0 Å². The van der Waals surface area contributed by atoms with Crippen LogP contribution in [-0.2, 0) is 6.54 Å².